The van der Waals surface area contributed by atoms with Crippen LogP contribution in [-0.4, -0.2) is 192 Å². The van der Waals surface area contributed by atoms with Crippen molar-refractivity contribution in [2.45, 2.75) is 264 Å². The van der Waals surface area contributed by atoms with Gasteiger partial charge in [0.1, 0.15) is 105 Å². The Morgan fingerprint density at radius 3 is 0.794 bits per heavy atom. The molecule has 39 heteroatoms. The highest BCUT2D eigenvalue weighted by atomic mass is 16.7. The van der Waals surface area contributed by atoms with E-state index in [0.29, 0.717) is 55.7 Å². The maximum atomic E-state index is 12.1. The van der Waals surface area contributed by atoms with Gasteiger partial charge < -0.3 is 137 Å². The van der Waals surface area contributed by atoms with Crippen molar-refractivity contribution < 1.29 is 148 Å². The van der Waals surface area contributed by atoms with Crippen LogP contribution in [0.2, 0.25) is 0 Å². The second-order valence-corrected chi connectivity index (χ2v) is 36.9. The molecule has 39 nitrogen and oxygen atoms in total. The first-order valence-electron chi connectivity index (χ1n) is 43.6. The number of primary amides is 3. The highest BCUT2D eigenvalue weighted by Crippen LogP contribution is 2.43. The molecule has 0 bridgehead atoms. The number of ether oxygens (including phenoxy) is 13. The fourth-order valence-corrected chi connectivity index (χ4v) is 15.7. The maximum Gasteiger partial charge on any atom is 0.405 e. The first kappa shape index (κ1) is 104. The second-order valence-electron chi connectivity index (χ2n) is 36.9. The highest BCUT2D eigenvalue weighted by molar-refractivity contribution is 5.85. The number of rotatable bonds is 19. The number of benzene rings is 5. The third-order valence-electron chi connectivity index (χ3n) is 25.1. The molecule has 0 radical (unpaired) electrons. The zero-order valence-electron chi connectivity index (χ0n) is 78.1. The molecular weight excluding hydrogens is 1780 g/mol. The van der Waals surface area contributed by atoms with Crippen LogP contribution in [0.3, 0.4) is 0 Å². The van der Waals surface area contributed by atoms with E-state index in [-0.39, 0.29) is 100.0 Å². The molecule has 0 spiro atoms. The Morgan fingerprint density at radius 2 is 0.515 bits per heavy atom. The number of carbonyl (C=O) groups is 6. The molecule has 20 atom stereocenters. The van der Waals surface area contributed by atoms with Crippen molar-refractivity contribution in [2.24, 2.45) is 46.8 Å². The van der Waals surface area contributed by atoms with Crippen molar-refractivity contribution in [2.75, 3.05) is 0 Å². The smallest absolute Gasteiger partial charge is 0.405 e. The number of amides is 3. The minimum Gasteiger partial charge on any atom is -0.462 e. The van der Waals surface area contributed by atoms with E-state index in [1.807, 2.05) is 34.6 Å². The van der Waals surface area contributed by atoms with Crippen molar-refractivity contribution in [3.8, 4) is 28.7 Å². The summed E-state index contributed by atoms with van der Waals surface area (Å²) in [5, 5.41) is 76.0. The van der Waals surface area contributed by atoms with Crippen molar-refractivity contribution in [3.63, 3.8) is 0 Å². The lowest BCUT2D eigenvalue weighted by molar-refractivity contribution is -0.285. The van der Waals surface area contributed by atoms with Crippen LogP contribution >= 0.6 is 0 Å². The monoisotopic (exact) mass is 1900 g/mol. The van der Waals surface area contributed by atoms with Gasteiger partial charge in [-0.1, -0.05) is 34.6 Å². The Hall–Kier alpha value is -12.5. The lowest BCUT2D eigenvalue weighted by Crippen LogP contribution is -2.61. The van der Waals surface area contributed by atoms with Gasteiger partial charge in [-0.25, -0.2) is 38.4 Å². The van der Waals surface area contributed by atoms with Crippen LogP contribution in [0, 0.1) is 29.6 Å². The highest BCUT2D eigenvalue weighted by Gasteiger charge is 2.55. The standard InChI is InChI=1S/2C21H25NO8.C20H24O7.C18H21NO7.C17H20O6/c1-10(23)7-13-8-12-5-6-14(9-15(12)28-18(13)25)27-19-16(24)17(29-20(22)26)11(2)21(3,4)30-19;1-10(23)7-13-8-12-5-6-14(9-15(12)28-18(13)25)27-19-17(29-20(22)26)16(24)11(2)21(3,4)30-19;1-10(21)7-13-8-12-5-6-14(9-15(12)26-18(13)24)25-19-17(23)16(22)11(2)20(3,4)27-19;1-9-15(25-17(19)22)14(21)16(26-18(9,2)3)23-11-6-4-10-5-7-13(20)24-12(10)8-11;1-9-14(19)15(20)16(23-17(9,2)3)21-11-6-4-10-5-7-13(18)22-12(10)8-11/h2*5-6,8-9,11,16-17,19,24H,7H2,1-4H3,(H2,22,26);5-6,8-9,11,16-17,19,22-23H,7H2,1-4H3;4-9,14-16,21H,1-3H3,(H2,19,22);4-9,14-16,19-20H,1-3H3/t3*11-,16+,17+,19?;2*9-,14+,15+,16?/m11111/s1. The lowest BCUT2D eigenvalue weighted by Gasteiger charge is -2.47. The average molecular weight is 1900 g/mol. The van der Waals surface area contributed by atoms with Gasteiger partial charge in [-0.05, 0) is 181 Å². The summed E-state index contributed by atoms with van der Waals surface area (Å²) in [6.45, 7) is 31.2. The van der Waals surface area contributed by atoms with E-state index in [1.54, 1.807) is 166 Å². The molecule has 3 amide bonds. The van der Waals surface area contributed by atoms with Gasteiger partial charge in [0.05, 0.1) is 40.2 Å². The van der Waals surface area contributed by atoms with Gasteiger partial charge in [0.2, 0.25) is 31.5 Å². The average Bonchev–Trinajstić information content (AvgIpc) is 0.777. The summed E-state index contributed by atoms with van der Waals surface area (Å²) < 4.78 is 99.4. The van der Waals surface area contributed by atoms with Crippen molar-refractivity contribution in [1.29, 1.82) is 0 Å². The Kier molecular flexibility index (Phi) is 32.1. The molecule has 0 aliphatic carbocycles. The summed E-state index contributed by atoms with van der Waals surface area (Å²) in [5.41, 5.74) is 11.4. The number of aliphatic hydroxyl groups is 7. The third kappa shape index (κ3) is 25.0. The van der Waals surface area contributed by atoms with E-state index in [1.165, 1.54) is 57.2 Å². The molecule has 5 saturated heterocycles. The van der Waals surface area contributed by atoms with Gasteiger partial charge in [-0.2, -0.15) is 0 Å². The third-order valence-corrected chi connectivity index (χ3v) is 25.1. The molecule has 5 aromatic heterocycles. The van der Waals surface area contributed by atoms with Crippen molar-refractivity contribution >= 4 is 90.5 Å². The number of hydrogen-bond donors (Lipinski definition) is 10. The van der Waals surface area contributed by atoms with Crippen LogP contribution in [0.25, 0.3) is 54.8 Å². The summed E-state index contributed by atoms with van der Waals surface area (Å²) in [4.78, 5) is 127. The molecule has 5 fully saturated rings. The summed E-state index contributed by atoms with van der Waals surface area (Å²) in [6, 6.07) is 35.0. The van der Waals surface area contributed by atoms with Gasteiger partial charge in [-0.15, -0.1) is 0 Å². The van der Waals surface area contributed by atoms with Crippen molar-refractivity contribution in [3.05, 3.63) is 202 Å². The molecule has 13 N–H and O–H groups in total. The molecule has 10 heterocycles. The van der Waals surface area contributed by atoms with Gasteiger partial charge in [0.15, 0.2) is 18.3 Å². The number of aliphatic hydroxyl groups excluding tert-OH is 7. The van der Waals surface area contributed by atoms with Gasteiger partial charge in [0.25, 0.3) is 0 Å². The Morgan fingerprint density at radius 1 is 0.287 bits per heavy atom. The molecule has 5 aliphatic heterocycles. The summed E-state index contributed by atoms with van der Waals surface area (Å²) >= 11 is 0. The molecule has 5 unspecified atom stereocenters. The summed E-state index contributed by atoms with van der Waals surface area (Å²) in [6.07, 6.45) is -19.4. The second kappa shape index (κ2) is 42.0. The minimum absolute atomic E-state index is 0.00680. The van der Waals surface area contributed by atoms with E-state index >= 15 is 0 Å². The number of hydrogen-bond acceptors (Lipinski definition) is 36. The molecule has 5 aromatic carbocycles. The molecule has 10 aromatic rings. The first-order valence-corrected chi connectivity index (χ1v) is 43.6. The molecule has 5 aliphatic rings. The summed E-state index contributed by atoms with van der Waals surface area (Å²) in [7, 11) is 0. The number of nitrogens with two attached hydrogens (primary N) is 3. The van der Waals surface area contributed by atoms with E-state index in [2.05, 4.69) is 0 Å². The Bertz CT molecular complexity index is 6370. The predicted octanol–water partition coefficient (Wildman–Crippen LogP) is 9.03. The van der Waals surface area contributed by atoms with Gasteiger partial charge in [0, 0.05) is 135 Å². The minimum atomic E-state index is -1.29. The zero-order chi connectivity index (χ0) is 100. The number of Topliss-reactive ketones (excluding diaryl/α,β-unsaturated/α-hetero) is 3. The van der Waals surface area contributed by atoms with Crippen LogP contribution in [0.1, 0.15) is 141 Å². The van der Waals surface area contributed by atoms with E-state index in [4.69, 9.17) is 101 Å². The Labute approximate surface area is 777 Å². The quantitative estimate of drug-likeness (QED) is 0.0266. The molecule has 734 valence electrons. The Balaban J connectivity index is 0.000000164. The van der Waals surface area contributed by atoms with Crippen molar-refractivity contribution in [1.82, 2.24) is 0 Å². The van der Waals surface area contributed by atoms with E-state index in [9.17, 15) is 88.5 Å². The van der Waals surface area contributed by atoms with Gasteiger partial charge >= 0.3 is 46.4 Å². The van der Waals surface area contributed by atoms with E-state index in [0.717, 1.165) is 10.8 Å². The predicted molar refractivity (Wildman–Crippen MR) is 485 cm³/mol. The largest absolute Gasteiger partial charge is 0.462 e. The maximum absolute atomic E-state index is 12.1. The van der Waals surface area contributed by atoms with Gasteiger partial charge in [-0.3, -0.25) is 14.4 Å². The van der Waals surface area contributed by atoms with Crippen LogP contribution < -0.4 is 69.0 Å². The number of fused-ring (bicyclic) bond motifs is 5. The van der Waals surface area contributed by atoms with Crippen LogP contribution in [-0.2, 0) is 71.5 Å². The topological polar surface area (TPSA) is 593 Å². The number of carbonyl (C=O) groups excluding carboxylic acids is 6. The zero-order valence-corrected chi connectivity index (χ0v) is 78.1. The normalized spacial score (nSPS) is 27.2. The van der Waals surface area contributed by atoms with E-state index < -0.39 is 167 Å². The first-order chi connectivity index (χ1) is 63.5. The summed E-state index contributed by atoms with van der Waals surface area (Å²) in [5.74, 6) is -0.387. The number of ketones is 3. The SMILES string of the molecule is CC(=O)Cc1cc2ccc(OC3OC(C)(C)[C@H](C)[C@H](O)[C@@H]3O)cc2oc1=O.CC(=O)Cc1cc2ccc(OC3OC(C)(C)[C@H](C)[C@H](O)[C@@H]3OC(N)=O)cc2oc1=O.CC(=O)Cc1cc2ccc(OC3OC(C)(C)[C@H](C)[C@H](OC(N)=O)[C@@H]3O)cc2oc1=O.C[C@@H]1[C@H](O)[C@H](O)C(Oc2ccc3ccc(=O)oc3c2)OC1(C)C.C[C@@H]1[C@H](OC(N)=O)[C@H](O)C(Oc2ccc3ccc(=O)oc3c2)OC1(C)C. The van der Waals surface area contributed by atoms with Crippen LogP contribution in [0.5, 0.6) is 28.7 Å². The molecule has 0 saturated carbocycles. The fourth-order valence-electron chi connectivity index (χ4n) is 15.7. The van der Waals surface area contributed by atoms with Crippen LogP contribution in [0.4, 0.5) is 14.4 Å². The van der Waals surface area contributed by atoms with Crippen LogP contribution in [0.15, 0.2) is 180 Å². The molecular formula is C97H115N3O36. The molecule has 15 rings (SSSR count). The fraction of sp³-hybridized carbons (Fsp3) is 0.474. The lowest BCUT2D eigenvalue weighted by atomic mass is 9.82. The molecule has 136 heavy (non-hydrogen) atoms.